The number of unbranched alkanes of at least 4 members (excludes halogenated alkanes) is 1. The first-order valence-electron chi connectivity index (χ1n) is 8.01. The molecule has 0 saturated heterocycles. The van der Waals surface area contributed by atoms with Crippen LogP contribution < -0.4 is 5.32 Å². The van der Waals surface area contributed by atoms with Crippen molar-refractivity contribution >= 4 is 21.4 Å². The number of hydrogen-bond acceptors (Lipinski definition) is 2. The van der Waals surface area contributed by atoms with Gasteiger partial charge in [-0.15, -0.1) is 11.3 Å². The fourth-order valence-corrected chi connectivity index (χ4v) is 4.04. The second-order valence-electron chi connectivity index (χ2n) is 5.53. The van der Waals surface area contributed by atoms with Gasteiger partial charge in [-0.25, -0.2) is 0 Å². The largest absolute Gasteiger partial charge is 0.310 e. The van der Waals surface area contributed by atoms with E-state index in [4.69, 9.17) is 0 Å². The van der Waals surface area contributed by atoms with Gasteiger partial charge in [0.2, 0.25) is 0 Å². The second-order valence-corrected chi connectivity index (χ2v) is 6.45. The molecule has 1 heterocycles. The van der Waals surface area contributed by atoms with Crippen molar-refractivity contribution in [3.8, 4) is 0 Å². The Balaban J connectivity index is 2.33. The highest BCUT2D eigenvalue weighted by atomic mass is 32.1. The van der Waals surface area contributed by atoms with Gasteiger partial charge in [-0.2, -0.15) is 0 Å². The SMILES string of the molecule is CCCCC(CC)C(NCC)c1cccc2ccsc12. The molecule has 0 fully saturated rings. The minimum atomic E-state index is 0.499. The Labute approximate surface area is 127 Å². The number of nitrogens with one attached hydrogen (secondary N) is 1. The van der Waals surface area contributed by atoms with Crippen LogP contribution in [0.1, 0.15) is 58.1 Å². The molecule has 0 amide bonds. The van der Waals surface area contributed by atoms with E-state index < -0.39 is 0 Å². The second kappa shape index (κ2) is 7.80. The van der Waals surface area contributed by atoms with E-state index in [-0.39, 0.29) is 0 Å². The summed E-state index contributed by atoms with van der Waals surface area (Å²) in [6.45, 7) is 7.87. The summed E-state index contributed by atoms with van der Waals surface area (Å²) >= 11 is 1.88. The molecule has 0 aliphatic heterocycles. The standard InChI is InChI=1S/C18H27NS/c1-4-7-9-14(5-2)17(19-6-3)16-11-8-10-15-12-13-20-18(15)16/h8,10-14,17,19H,4-7,9H2,1-3H3. The number of thiophene rings is 1. The third-order valence-corrected chi connectivity index (χ3v) is 5.17. The molecule has 1 nitrogen and oxygen atoms in total. The normalized spacial score (nSPS) is 14.6. The monoisotopic (exact) mass is 289 g/mol. The predicted molar refractivity (Wildman–Crippen MR) is 91.5 cm³/mol. The van der Waals surface area contributed by atoms with Crippen LogP contribution in [0.15, 0.2) is 29.6 Å². The fourth-order valence-electron chi connectivity index (χ4n) is 3.08. The highest BCUT2D eigenvalue weighted by Crippen LogP contribution is 2.35. The van der Waals surface area contributed by atoms with Crippen LogP contribution in [-0.2, 0) is 0 Å². The van der Waals surface area contributed by atoms with E-state index in [1.54, 1.807) is 0 Å². The Hall–Kier alpha value is -0.860. The molecule has 0 aliphatic rings. The number of benzene rings is 1. The van der Waals surface area contributed by atoms with Crippen LogP contribution >= 0.6 is 11.3 Å². The first-order valence-corrected chi connectivity index (χ1v) is 8.89. The Morgan fingerprint density at radius 3 is 2.70 bits per heavy atom. The lowest BCUT2D eigenvalue weighted by molar-refractivity contribution is 0.329. The number of fused-ring (bicyclic) bond motifs is 1. The molecule has 1 aromatic heterocycles. The zero-order valence-corrected chi connectivity index (χ0v) is 13.8. The van der Waals surface area contributed by atoms with Crippen molar-refractivity contribution < 1.29 is 0 Å². The molecule has 20 heavy (non-hydrogen) atoms. The Bertz CT molecular complexity index is 517. The Morgan fingerprint density at radius 1 is 1.15 bits per heavy atom. The lowest BCUT2D eigenvalue weighted by atomic mass is 9.86. The topological polar surface area (TPSA) is 12.0 Å². The lowest BCUT2D eigenvalue weighted by Crippen LogP contribution is -2.28. The van der Waals surface area contributed by atoms with E-state index in [2.05, 4.69) is 55.7 Å². The molecule has 0 saturated carbocycles. The summed E-state index contributed by atoms with van der Waals surface area (Å²) < 4.78 is 1.47. The maximum atomic E-state index is 3.75. The van der Waals surface area contributed by atoms with E-state index in [1.165, 1.54) is 41.3 Å². The van der Waals surface area contributed by atoms with Crippen LogP contribution in [-0.4, -0.2) is 6.54 Å². The highest BCUT2D eigenvalue weighted by molar-refractivity contribution is 7.17. The third-order valence-electron chi connectivity index (χ3n) is 4.19. The molecule has 110 valence electrons. The summed E-state index contributed by atoms with van der Waals surface area (Å²) in [6.07, 6.45) is 5.20. The zero-order valence-electron chi connectivity index (χ0n) is 13.0. The van der Waals surface area contributed by atoms with Crippen molar-refractivity contribution in [1.82, 2.24) is 5.32 Å². The van der Waals surface area contributed by atoms with Gasteiger partial charge in [0.25, 0.3) is 0 Å². The Kier molecular flexibility index (Phi) is 6.06. The number of rotatable bonds is 8. The van der Waals surface area contributed by atoms with E-state index in [1.807, 2.05) is 11.3 Å². The van der Waals surface area contributed by atoms with Gasteiger partial charge in [-0.05, 0) is 41.3 Å². The van der Waals surface area contributed by atoms with Crippen LogP contribution in [0.2, 0.25) is 0 Å². The summed E-state index contributed by atoms with van der Waals surface area (Å²) in [5, 5.41) is 7.35. The summed E-state index contributed by atoms with van der Waals surface area (Å²) in [4.78, 5) is 0. The van der Waals surface area contributed by atoms with Crippen molar-refractivity contribution in [3.05, 3.63) is 35.2 Å². The zero-order chi connectivity index (χ0) is 14.4. The van der Waals surface area contributed by atoms with Gasteiger partial charge in [0.1, 0.15) is 0 Å². The smallest absolute Gasteiger partial charge is 0.0390 e. The van der Waals surface area contributed by atoms with E-state index in [0.29, 0.717) is 6.04 Å². The van der Waals surface area contributed by atoms with E-state index in [9.17, 15) is 0 Å². The van der Waals surface area contributed by atoms with Crippen molar-refractivity contribution in [2.75, 3.05) is 6.54 Å². The average Bonchev–Trinajstić information content (AvgIpc) is 2.95. The van der Waals surface area contributed by atoms with Crippen molar-refractivity contribution in [2.45, 2.75) is 52.5 Å². The summed E-state index contributed by atoms with van der Waals surface area (Å²) in [7, 11) is 0. The summed E-state index contributed by atoms with van der Waals surface area (Å²) in [5.74, 6) is 0.739. The molecule has 2 aromatic rings. The van der Waals surface area contributed by atoms with Gasteiger partial charge in [-0.3, -0.25) is 0 Å². The predicted octanol–water partition coefficient (Wildman–Crippen LogP) is 5.77. The van der Waals surface area contributed by atoms with Crippen LogP contribution in [0, 0.1) is 5.92 Å². The maximum Gasteiger partial charge on any atom is 0.0390 e. The fraction of sp³-hybridized carbons (Fsp3) is 0.556. The van der Waals surface area contributed by atoms with Crippen LogP contribution in [0.5, 0.6) is 0 Å². The minimum absolute atomic E-state index is 0.499. The lowest BCUT2D eigenvalue weighted by Gasteiger charge is -2.28. The molecule has 0 bridgehead atoms. The molecule has 2 atom stereocenters. The molecule has 1 N–H and O–H groups in total. The molecule has 0 spiro atoms. The van der Waals surface area contributed by atoms with Crippen LogP contribution in [0.4, 0.5) is 0 Å². The van der Waals surface area contributed by atoms with Gasteiger partial charge < -0.3 is 5.32 Å². The van der Waals surface area contributed by atoms with Crippen molar-refractivity contribution in [2.24, 2.45) is 5.92 Å². The quantitative estimate of drug-likeness (QED) is 0.650. The van der Waals surface area contributed by atoms with Gasteiger partial charge in [0.15, 0.2) is 0 Å². The molecular formula is C18H27NS. The van der Waals surface area contributed by atoms with Gasteiger partial charge in [-0.1, -0.05) is 58.2 Å². The Morgan fingerprint density at radius 2 is 2.00 bits per heavy atom. The average molecular weight is 289 g/mol. The van der Waals surface area contributed by atoms with Gasteiger partial charge in [0, 0.05) is 10.7 Å². The summed E-state index contributed by atoms with van der Waals surface area (Å²) in [5.41, 5.74) is 1.50. The number of hydrogen-bond donors (Lipinski definition) is 1. The van der Waals surface area contributed by atoms with Crippen LogP contribution in [0.25, 0.3) is 10.1 Å². The summed E-state index contributed by atoms with van der Waals surface area (Å²) in [6, 6.07) is 9.49. The highest BCUT2D eigenvalue weighted by Gasteiger charge is 2.22. The van der Waals surface area contributed by atoms with E-state index in [0.717, 1.165) is 12.5 Å². The van der Waals surface area contributed by atoms with Crippen molar-refractivity contribution in [1.29, 1.82) is 0 Å². The van der Waals surface area contributed by atoms with Crippen molar-refractivity contribution in [3.63, 3.8) is 0 Å². The third kappa shape index (κ3) is 3.42. The molecule has 2 heteroatoms. The minimum Gasteiger partial charge on any atom is -0.310 e. The first kappa shape index (κ1) is 15.5. The maximum absolute atomic E-state index is 3.75. The van der Waals surface area contributed by atoms with Gasteiger partial charge >= 0.3 is 0 Å². The molecule has 1 aromatic carbocycles. The van der Waals surface area contributed by atoms with Crippen LogP contribution in [0.3, 0.4) is 0 Å². The molecule has 2 unspecified atom stereocenters. The first-order chi connectivity index (χ1) is 9.81. The molecule has 0 radical (unpaired) electrons. The molecule has 2 rings (SSSR count). The van der Waals surface area contributed by atoms with E-state index >= 15 is 0 Å². The van der Waals surface area contributed by atoms with Gasteiger partial charge in [0.05, 0.1) is 0 Å². The molecular weight excluding hydrogens is 262 g/mol. The molecule has 0 aliphatic carbocycles.